The van der Waals surface area contributed by atoms with E-state index in [9.17, 15) is 5.26 Å². The van der Waals surface area contributed by atoms with Crippen molar-refractivity contribution in [2.75, 3.05) is 4.90 Å². The van der Waals surface area contributed by atoms with E-state index in [4.69, 9.17) is 16.6 Å². The first-order valence-corrected chi connectivity index (χ1v) is 7.76. The van der Waals surface area contributed by atoms with Crippen LogP contribution in [0.2, 0.25) is 5.02 Å². The minimum Gasteiger partial charge on any atom is -0.351 e. The number of benzene rings is 1. The van der Waals surface area contributed by atoms with Crippen LogP contribution in [0.3, 0.4) is 0 Å². The lowest BCUT2D eigenvalue weighted by Gasteiger charge is -2.40. The normalized spacial score (nSPS) is 22.3. The molecule has 0 saturated carbocycles. The lowest BCUT2D eigenvalue weighted by molar-refractivity contribution is 0.411. The van der Waals surface area contributed by atoms with E-state index in [2.05, 4.69) is 24.8 Å². The number of nitrogens with zero attached hydrogens (tertiary/aromatic N) is 3. The van der Waals surface area contributed by atoms with E-state index in [0.29, 0.717) is 22.7 Å². The second kappa shape index (κ2) is 5.54. The largest absolute Gasteiger partial charge is 0.351 e. The van der Waals surface area contributed by atoms with Crippen LogP contribution in [0, 0.1) is 11.3 Å². The fourth-order valence-corrected chi connectivity index (χ4v) is 3.45. The molecular formula is C17H18ClN3. The van der Waals surface area contributed by atoms with Crippen LogP contribution < -0.4 is 4.90 Å². The van der Waals surface area contributed by atoms with Gasteiger partial charge in [-0.05, 0) is 57.4 Å². The number of nitriles is 1. The molecule has 1 aromatic carbocycles. The van der Waals surface area contributed by atoms with E-state index in [1.807, 2.05) is 24.3 Å². The smallest absolute Gasteiger partial charge is 0.131 e. The summed E-state index contributed by atoms with van der Waals surface area (Å²) in [5, 5.41) is 10.9. The van der Waals surface area contributed by atoms with Gasteiger partial charge in [-0.15, -0.1) is 0 Å². The second-order valence-corrected chi connectivity index (χ2v) is 6.27. The van der Waals surface area contributed by atoms with Crippen LogP contribution in [0.4, 0.5) is 5.82 Å². The third kappa shape index (κ3) is 2.56. The highest BCUT2D eigenvalue weighted by Gasteiger charge is 2.26. The van der Waals surface area contributed by atoms with Gasteiger partial charge in [-0.25, -0.2) is 4.98 Å². The van der Waals surface area contributed by atoms with Gasteiger partial charge in [0, 0.05) is 22.5 Å². The molecule has 108 valence electrons. The summed E-state index contributed by atoms with van der Waals surface area (Å²) >= 11 is 6.03. The van der Waals surface area contributed by atoms with E-state index in [1.54, 1.807) is 0 Å². The summed E-state index contributed by atoms with van der Waals surface area (Å²) in [6.45, 7) is 4.46. The molecule has 2 aromatic rings. The number of rotatable bonds is 1. The number of pyridine rings is 1. The number of hydrogen-bond acceptors (Lipinski definition) is 3. The molecule has 1 saturated heterocycles. The molecule has 3 nitrogen and oxygen atoms in total. The number of halogens is 1. The molecule has 1 aliphatic heterocycles. The van der Waals surface area contributed by atoms with Crippen LogP contribution in [0.5, 0.6) is 0 Å². The first kappa shape index (κ1) is 14.2. The summed E-state index contributed by atoms with van der Waals surface area (Å²) in [5.41, 5.74) is 1.47. The topological polar surface area (TPSA) is 39.9 Å². The SMILES string of the molecule is C[C@@H]1CCC[C@H](C)N1c1cc(C#N)c2cc(Cl)ccc2n1. The van der Waals surface area contributed by atoms with Crippen molar-refractivity contribution < 1.29 is 0 Å². The maximum atomic E-state index is 9.44. The van der Waals surface area contributed by atoms with Crippen LogP contribution in [0.1, 0.15) is 38.7 Å². The second-order valence-electron chi connectivity index (χ2n) is 5.84. The molecule has 0 radical (unpaired) electrons. The first-order valence-electron chi connectivity index (χ1n) is 7.39. The molecule has 2 heterocycles. The van der Waals surface area contributed by atoms with Crippen molar-refractivity contribution in [3.63, 3.8) is 0 Å². The van der Waals surface area contributed by atoms with Gasteiger partial charge in [0.25, 0.3) is 0 Å². The summed E-state index contributed by atoms with van der Waals surface area (Å²) in [5.74, 6) is 0.904. The van der Waals surface area contributed by atoms with Crippen LogP contribution in [0.15, 0.2) is 24.3 Å². The predicted octanol–water partition coefficient (Wildman–Crippen LogP) is 4.53. The van der Waals surface area contributed by atoms with E-state index in [0.717, 1.165) is 16.7 Å². The molecule has 0 aliphatic carbocycles. The van der Waals surface area contributed by atoms with Gasteiger partial charge in [0.2, 0.25) is 0 Å². The molecule has 0 amide bonds. The van der Waals surface area contributed by atoms with Gasteiger partial charge in [0.15, 0.2) is 0 Å². The Kier molecular flexibility index (Phi) is 3.73. The van der Waals surface area contributed by atoms with Crippen LogP contribution in [-0.2, 0) is 0 Å². The fourth-order valence-electron chi connectivity index (χ4n) is 3.28. The molecular weight excluding hydrogens is 282 g/mol. The monoisotopic (exact) mass is 299 g/mol. The van der Waals surface area contributed by atoms with Gasteiger partial charge in [-0.1, -0.05) is 11.6 Å². The number of hydrogen-bond donors (Lipinski definition) is 0. The Labute approximate surface area is 130 Å². The van der Waals surface area contributed by atoms with Gasteiger partial charge < -0.3 is 4.90 Å². The zero-order chi connectivity index (χ0) is 15.0. The molecule has 4 heteroatoms. The maximum Gasteiger partial charge on any atom is 0.131 e. The van der Waals surface area contributed by atoms with E-state index >= 15 is 0 Å². The summed E-state index contributed by atoms with van der Waals surface area (Å²) in [7, 11) is 0. The van der Waals surface area contributed by atoms with Gasteiger partial charge in [-0.2, -0.15) is 5.26 Å². The Bertz CT molecular complexity index is 710. The zero-order valence-electron chi connectivity index (χ0n) is 12.3. The molecule has 0 N–H and O–H groups in total. The van der Waals surface area contributed by atoms with Crippen molar-refractivity contribution >= 4 is 28.3 Å². The van der Waals surface area contributed by atoms with Crippen molar-refractivity contribution in [3.8, 4) is 6.07 Å². The first-order chi connectivity index (χ1) is 10.1. The fraction of sp³-hybridized carbons (Fsp3) is 0.412. The minimum atomic E-state index is 0.456. The van der Waals surface area contributed by atoms with Gasteiger partial charge in [0.1, 0.15) is 5.82 Å². The van der Waals surface area contributed by atoms with Crippen molar-refractivity contribution in [2.45, 2.75) is 45.2 Å². The number of aromatic nitrogens is 1. The summed E-state index contributed by atoms with van der Waals surface area (Å²) in [6, 6.07) is 10.6. The highest BCUT2D eigenvalue weighted by molar-refractivity contribution is 6.31. The van der Waals surface area contributed by atoms with E-state index in [-0.39, 0.29) is 0 Å². The predicted molar refractivity (Wildman–Crippen MR) is 86.7 cm³/mol. The lowest BCUT2D eigenvalue weighted by Crippen LogP contribution is -2.44. The van der Waals surface area contributed by atoms with Crippen molar-refractivity contribution in [3.05, 3.63) is 34.9 Å². The van der Waals surface area contributed by atoms with Crippen LogP contribution in [-0.4, -0.2) is 17.1 Å². The van der Waals surface area contributed by atoms with E-state index in [1.165, 1.54) is 19.3 Å². The standard InChI is InChI=1S/C17H18ClN3/c1-11-4-3-5-12(2)21(11)17-8-13(10-19)15-9-14(18)6-7-16(15)20-17/h6-9,11-12H,3-5H2,1-2H3/t11-,12+. The van der Waals surface area contributed by atoms with Crippen molar-refractivity contribution in [2.24, 2.45) is 0 Å². The number of piperidine rings is 1. The lowest BCUT2D eigenvalue weighted by atomic mass is 9.97. The Morgan fingerprint density at radius 2 is 1.95 bits per heavy atom. The van der Waals surface area contributed by atoms with Crippen molar-refractivity contribution in [1.29, 1.82) is 5.26 Å². The zero-order valence-corrected chi connectivity index (χ0v) is 13.1. The third-order valence-electron chi connectivity index (χ3n) is 4.34. The van der Waals surface area contributed by atoms with Gasteiger partial charge >= 0.3 is 0 Å². The molecule has 1 aromatic heterocycles. The molecule has 1 aliphatic rings. The Morgan fingerprint density at radius 3 is 2.62 bits per heavy atom. The molecule has 3 rings (SSSR count). The quantitative estimate of drug-likeness (QED) is 0.777. The highest BCUT2D eigenvalue weighted by atomic mass is 35.5. The van der Waals surface area contributed by atoms with Crippen LogP contribution in [0.25, 0.3) is 10.9 Å². The van der Waals surface area contributed by atoms with Gasteiger partial charge in [0.05, 0.1) is 17.1 Å². The number of anilines is 1. The molecule has 1 fully saturated rings. The van der Waals surface area contributed by atoms with Crippen molar-refractivity contribution in [1.82, 2.24) is 4.98 Å². The Hall–Kier alpha value is -1.79. The average molecular weight is 300 g/mol. The van der Waals surface area contributed by atoms with Crippen LogP contribution >= 0.6 is 11.6 Å². The number of fused-ring (bicyclic) bond motifs is 1. The molecule has 0 spiro atoms. The third-order valence-corrected chi connectivity index (χ3v) is 4.57. The average Bonchev–Trinajstić information content (AvgIpc) is 2.46. The Morgan fingerprint density at radius 1 is 1.24 bits per heavy atom. The molecule has 2 atom stereocenters. The molecule has 21 heavy (non-hydrogen) atoms. The highest BCUT2D eigenvalue weighted by Crippen LogP contribution is 2.31. The van der Waals surface area contributed by atoms with Gasteiger partial charge in [-0.3, -0.25) is 0 Å². The summed E-state index contributed by atoms with van der Waals surface area (Å²) in [4.78, 5) is 7.11. The molecule has 0 unspecified atom stereocenters. The van der Waals surface area contributed by atoms with E-state index < -0.39 is 0 Å². The minimum absolute atomic E-state index is 0.456. The summed E-state index contributed by atoms with van der Waals surface area (Å²) < 4.78 is 0. The summed E-state index contributed by atoms with van der Waals surface area (Å²) in [6.07, 6.45) is 3.60. The molecule has 0 bridgehead atoms. The maximum absolute atomic E-state index is 9.44. The Balaban J connectivity index is 2.15.